The molecule has 1 saturated carbocycles. The molecule has 2 unspecified atom stereocenters. The second-order valence-electron chi connectivity index (χ2n) is 9.85. The molecule has 0 bridgehead atoms. The fraction of sp³-hybridized carbons (Fsp3) is 0.464. The van der Waals surface area contributed by atoms with E-state index in [9.17, 15) is 18.6 Å². The Labute approximate surface area is 225 Å². The van der Waals surface area contributed by atoms with Crippen molar-refractivity contribution in [2.45, 2.75) is 65.0 Å². The van der Waals surface area contributed by atoms with E-state index in [2.05, 4.69) is 10.6 Å². The third-order valence-electron chi connectivity index (χ3n) is 7.06. The van der Waals surface area contributed by atoms with Crippen LogP contribution in [0, 0.1) is 13.8 Å². The van der Waals surface area contributed by atoms with Gasteiger partial charge in [-0.3, -0.25) is 23.5 Å². The number of carbonyl (C=O) groups is 3. The van der Waals surface area contributed by atoms with Crippen molar-refractivity contribution in [3.8, 4) is 11.5 Å². The molecule has 1 heterocycles. The molecule has 2 atom stereocenters. The molecule has 9 nitrogen and oxygen atoms in total. The Balaban J connectivity index is 1.43. The van der Waals surface area contributed by atoms with E-state index in [-0.39, 0.29) is 30.2 Å². The number of amides is 3. The topological polar surface area (TPSA) is 114 Å². The zero-order valence-electron chi connectivity index (χ0n) is 22.1. The average molecular weight is 542 g/mol. The van der Waals surface area contributed by atoms with Gasteiger partial charge < -0.3 is 20.1 Å². The highest BCUT2D eigenvalue weighted by atomic mass is 32.2. The molecule has 1 fully saturated rings. The van der Waals surface area contributed by atoms with Crippen molar-refractivity contribution >= 4 is 39.9 Å². The van der Waals surface area contributed by atoms with Crippen molar-refractivity contribution in [3.05, 3.63) is 47.5 Å². The van der Waals surface area contributed by atoms with Crippen LogP contribution in [-0.4, -0.2) is 52.3 Å². The fourth-order valence-electron chi connectivity index (χ4n) is 4.82. The summed E-state index contributed by atoms with van der Waals surface area (Å²) in [5.74, 6) is -0.839. The Morgan fingerprint density at radius 2 is 1.76 bits per heavy atom. The van der Waals surface area contributed by atoms with Gasteiger partial charge in [-0.25, -0.2) is 0 Å². The van der Waals surface area contributed by atoms with Gasteiger partial charge in [-0.05, 0) is 62.9 Å². The van der Waals surface area contributed by atoms with Gasteiger partial charge in [0.05, 0.1) is 0 Å². The Morgan fingerprint density at radius 1 is 1.03 bits per heavy atom. The predicted molar refractivity (Wildman–Crippen MR) is 147 cm³/mol. The van der Waals surface area contributed by atoms with Crippen molar-refractivity contribution in [2.24, 2.45) is 0 Å². The first-order valence-electron chi connectivity index (χ1n) is 13.0. The molecule has 1 aliphatic heterocycles. The molecule has 204 valence electrons. The first kappa shape index (κ1) is 27.6. The number of aryl methyl sites for hydroxylation is 1. The standard InChI is InChI=1S/C28H35N3O6S/c1-18-8-7-11-23(19(18)2)31(20(3)28(34)30-21-9-5-4-6-10-21)27(33)16-38(35)15-26(32)29-22-12-13-24-25(14-22)37-17-36-24/h7-8,11-14,20-21H,4-6,9-10,15-17H2,1-3H3,(H,29,32)(H,30,34). The van der Waals surface area contributed by atoms with Crippen LogP contribution >= 0.6 is 0 Å². The summed E-state index contributed by atoms with van der Waals surface area (Å²) in [4.78, 5) is 40.7. The molecule has 2 aromatic rings. The van der Waals surface area contributed by atoms with Gasteiger partial charge in [-0.15, -0.1) is 0 Å². The highest BCUT2D eigenvalue weighted by Gasteiger charge is 2.31. The molecular weight excluding hydrogens is 506 g/mol. The maximum Gasteiger partial charge on any atom is 0.243 e. The molecule has 38 heavy (non-hydrogen) atoms. The highest BCUT2D eigenvalue weighted by molar-refractivity contribution is 7.86. The lowest BCUT2D eigenvalue weighted by Gasteiger charge is -2.32. The molecule has 10 heteroatoms. The summed E-state index contributed by atoms with van der Waals surface area (Å²) in [5.41, 5.74) is 2.92. The Hall–Kier alpha value is -3.40. The molecule has 1 aliphatic carbocycles. The van der Waals surface area contributed by atoms with Gasteiger partial charge in [0.25, 0.3) is 0 Å². The second kappa shape index (κ2) is 12.4. The van der Waals surface area contributed by atoms with Crippen molar-refractivity contribution in [2.75, 3.05) is 28.5 Å². The first-order chi connectivity index (χ1) is 18.2. The molecule has 0 spiro atoms. The second-order valence-corrected chi connectivity index (χ2v) is 11.3. The molecule has 3 amide bonds. The van der Waals surface area contributed by atoms with Crippen LogP contribution < -0.4 is 25.0 Å². The summed E-state index contributed by atoms with van der Waals surface area (Å²) in [5, 5.41) is 5.78. The van der Waals surface area contributed by atoms with E-state index in [0.29, 0.717) is 22.9 Å². The number of hydrogen-bond donors (Lipinski definition) is 2. The van der Waals surface area contributed by atoms with Gasteiger partial charge in [-0.2, -0.15) is 0 Å². The number of hydrogen-bond acceptors (Lipinski definition) is 6. The molecular formula is C28H35N3O6S. The molecule has 2 aliphatic rings. The summed E-state index contributed by atoms with van der Waals surface area (Å²) in [7, 11) is -1.79. The zero-order valence-corrected chi connectivity index (χ0v) is 22.9. The lowest BCUT2D eigenvalue weighted by atomic mass is 9.95. The van der Waals surface area contributed by atoms with Gasteiger partial charge in [0.2, 0.25) is 24.5 Å². The van der Waals surface area contributed by atoms with E-state index in [1.807, 2.05) is 26.0 Å². The van der Waals surface area contributed by atoms with Crippen LogP contribution in [0.4, 0.5) is 11.4 Å². The zero-order chi connectivity index (χ0) is 27.2. The van der Waals surface area contributed by atoms with Gasteiger partial charge in [0.15, 0.2) is 11.5 Å². The number of ether oxygens (including phenoxy) is 2. The van der Waals surface area contributed by atoms with Crippen LogP contribution in [0.1, 0.15) is 50.2 Å². The molecule has 2 N–H and O–H groups in total. The van der Waals surface area contributed by atoms with Crippen molar-refractivity contribution in [1.82, 2.24) is 5.32 Å². The van der Waals surface area contributed by atoms with Crippen LogP contribution in [0.15, 0.2) is 36.4 Å². The normalized spacial score (nSPS) is 16.4. The molecule has 0 saturated heterocycles. The van der Waals surface area contributed by atoms with Gasteiger partial charge in [0.1, 0.15) is 17.5 Å². The van der Waals surface area contributed by atoms with E-state index in [1.54, 1.807) is 31.2 Å². The Kier molecular flexibility index (Phi) is 9.04. The quantitative estimate of drug-likeness (QED) is 0.502. The lowest BCUT2D eigenvalue weighted by molar-refractivity contribution is -0.126. The van der Waals surface area contributed by atoms with Gasteiger partial charge in [0, 0.05) is 34.3 Å². The monoisotopic (exact) mass is 541 g/mol. The Bertz CT molecular complexity index is 1230. The van der Waals surface area contributed by atoms with E-state index < -0.39 is 28.7 Å². The maximum absolute atomic E-state index is 13.5. The van der Waals surface area contributed by atoms with Crippen LogP contribution in [0.3, 0.4) is 0 Å². The predicted octanol–water partition coefficient (Wildman–Crippen LogP) is 3.59. The smallest absolute Gasteiger partial charge is 0.243 e. The Morgan fingerprint density at radius 3 is 2.53 bits per heavy atom. The molecule has 2 aromatic carbocycles. The van der Waals surface area contributed by atoms with Gasteiger partial charge in [-0.1, -0.05) is 31.4 Å². The summed E-state index contributed by atoms with van der Waals surface area (Å²) in [6.45, 7) is 5.64. The molecule has 0 aromatic heterocycles. The minimum Gasteiger partial charge on any atom is -0.454 e. The SMILES string of the molecule is Cc1cccc(N(C(=O)CS(=O)CC(=O)Nc2ccc3c(c2)OCO3)C(C)C(=O)NC2CCCCC2)c1C. The number of carbonyl (C=O) groups excluding carboxylic acids is 3. The first-order valence-corrected chi connectivity index (χ1v) is 14.4. The summed E-state index contributed by atoms with van der Waals surface area (Å²) < 4.78 is 23.5. The minimum absolute atomic E-state index is 0.100. The number of benzene rings is 2. The molecule has 4 rings (SSSR count). The third-order valence-corrected chi connectivity index (χ3v) is 8.21. The summed E-state index contributed by atoms with van der Waals surface area (Å²) in [6, 6.07) is 9.83. The lowest BCUT2D eigenvalue weighted by Crippen LogP contribution is -2.52. The summed E-state index contributed by atoms with van der Waals surface area (Å²) in [6.07, 6.45) is 5.18. The van der Waals surface area contributed by atoms with E-state index >= 15 is 0 Å². The third kappa shape index (κ3) is 6.72. The number of nitrogens with zero attached hydrogens (tertiary/aromatic N) is 1. The van der Waals surface area contributed by atoms with E-state index in [4.69, 9.17) is 9.47 Å². The number of fused-ring (bicyclic) bond motifs is 1. The fourth-order valence-corrected chi connectivity index (χ4v) is 5.70. The highest BCUT2D eigenvalue weighted by Crippen LogP contribution is 2.34. The van der Waals surface area contributed by atoms with E-state index in [1.165, 1.54) is 11.3 Å². The van der Waals surface area contributed by atoms with Crippen molar-refractivity contribution < 1.29 is 28.1 Å². The van der Waals surface area contributed by atoms with Crippen LogP contribution in [0.2, 0.25) is 0 Å². The number of nitrogens with one attached hydrogen (secondary N) is 2. The van der Waals surface area contributed by atoms with Gasteiger partial charge >= 0.3 is 0 Å². The van der Waals surface area contributed by atoms with Crippen LogP contribution in [0.25, 0.3) is 0 Å². The maximum atomic E-state index is 13.5. The van der Waals surface area contributed by atoms with Crippen molar-refractivity contribution in [1.29, 1.82) is 0 Å². The van der Waals surface area contributed by atoms with E-state index in [0.717, 1.165) is 36.8 Å². The van der Waals surface area contributed by atoms with Crippen molar-refractivity contribution in [3.63, 3.8) is 0 Å². The van der Waals surface area contributed by atoms with Crippen LogP contribution in [-0.2, 0) is 25.2 Å². The minimum atomic E-state index is -1.79. The largest absolute Gasteiger partial charge is 0.454 e. The summed E-state index contributed by atoms with van der Waals surface area (Å²) >= 11 is 0. The number of anilines is 2. The van der Waals surface area contributed by atoms with Crippen LogP contribution in [0.5, 0.6) is 11.5 Å². The average Bonchev–Trinajstić information content (AvgIpc) is 3.35. The number of rotatable bonds is 9. The molecule has 0 radical (unpaired) electrons.